The number of para-hydroxylation sites is 1. The van der Waals surface area contributed by atoms with E-state index in [4.69, 9.17) is 0 Å². The topological polar surface area (TPSA) is 150 Å². The van der Waals surface area contributed by atoms with E-state index in [1.165, 1.54) is 12.1 Å². The zero-order valence-electron chi connectivity index (χ0n) is 17.1. The molecule has 3 aromatic carbocycles. The van der Waals surface area contributed by atoms with Gasteiger partial charge in [0.2, 0.25) is 0 Å². The highest BCUT2D eigenvalue weighted by Crippen LogP contribution is 2.33. The van der Waals surface area contributed by atoms with Crippen LogP contribution >= 0.6 is 0 Å². The number of aromatic hydroxyl groups is 1. The Morgan fingerprint density at radius 2 is 1.81 bits per heavy atom. The number of tetrazole rings is 1. The fraction of sp³-hybridized carbons (Fsp3) is 0.182. The molecule has 4 aromatic rings. The molecule has 0 amide bonds. The standard InChI is InChI=1S/C22H20N6O4/c1-2-14(12-7-4-3-5-8-12)23-18-19(22(32)21(18)31)24-15-10-6-9-13(20(15)30)16(29)11-17-25-27-28-26-17/h3-10,14,23-24,30H,2,11H2,1H3,(H,25,26,27,28)/t14-/m1/s1. The number of nitrogens with zero attached hydrogens (tertiary/aromatic N) is 3. The molecule has 0 radical (unpaired) electrons. The lowest BCUT2D eigenvalue weighted by Crippen LogP contribution is -2.37. The number of carbonyl (C=O) groups excluding carboxylic acids is 1. The average Bonchev–Trinajstić information content (AvgIpc) is 3.33. The van der Waals surface area contributed by atoms with Crippen LogP contribution in [0.4, 0.5) is 17.1 Å². The van der Waals surface area contributed by atoms with Crippen molar-refractivity contribution in [3.8, 4) is 5.75 Å². The number of nitrogens with one attached hydrogen (secondary N) is 3. The number of carbonyl (C=O) groups is 1. The minimum absolute atomic E-state index is 0.0312. The summed E-state index contributed by atoms with van der Waals surface area (Å²) < 4.78 is 0. The zero-order chi connectivity index (χ0) is 22.7. The summed E-state index contributed by atoms with van der Waals surface area (Å²) in [5.74, 6) is -0.575. The number of aromatic amines is 1. The molecule has 1 heterocycles. The Morgan fingerprint density at radius 1 is 1.06 bits per heavy atom. The molecule has 0 unspecified atom stereocenters. The second-order valence-electron chi connectivity index (χ2n) is 7.18. The Balaban J connectivity index is 1.58. The van der Waals surface area contributed by atoms with Crippen molar-refractivity contribution in [3.63, 3.8) is 0 Å². The predicted octanol–water partition coefficient (Wildman–Crippen LogP) is 2.23. The summed E-state index contributed by atoms with van der Waals surface area (Å²) >= 11 is 0. The number of hydrogen-bond donors (Lipinski definition) is 4. The molecule has 0 aliphatic heterocycles. The quantitative estimate of drug-likeness (QED) is 0.177. The van der Waals surface area contributed by atoms with Gasteiger partial charge in [-0.15, -0.1) is 10.2 Å². The van der Waals surface area contributed by atoms with Crippen molar-refractivity contribution in [2.45, 2.75) is 25.8 Å². The van der Waals surface area contributed by atoms with Crippen LogP contribution in [0.25, 0.3) is 0 Å². The third kappa shape index (κ3) is 3.97. The van der Waals surface area contributed by atoms with E-state index in [0.29, 0.717) is 6.42 Å². The molecule has 1 atom stereocenters. The van der Waals surface area contributed by atoms with Gasteiger partial charge in [0.15, 0.2) is 11.6 Å². The molecular weight excluding hydrogens is 412 g/mol. The van der Waals surface area contributed by atoms with Crippen LogP contribution in [0.2, 0.25) is 0 Å². The minimum Gasteiger partial charge on any atom is -0.505 e. The number of H-pyrrole nitrogens is 1. The van der Waals surface area contributed by atoms with E-state index >= 15 is 0 Å². The first kappa shape index (κ1) is 20.9. The summed E-state index contributed by atoms with van der Waals surface area (Å²) in [6.07, 6.45) is 0.531. The summed E-state index contributed by atoms with van der Waals surface area (Å²) in [5.41, 5.74) is 0.00151. The predicted molar refractivity (Wildman–Crippen MR) is 118 cm³/mol. The molecule has 1 aromatic heterocycles. The van der Waals surface area contributed by atoms with Crippen molar-refractivity contribution in [2.24, 2.45) is 0 Å². The van der Waals surface area contributed by atoms with Crippen LogP contribution in [-0.4, -0.2) is 31.5 Å². The van der Waals surface area contributed by atoms with Crippen molar-refractivity contribution in [3.05, 3.63) is 85.9 Å². The van der Waals surface area contributed by atoms with Crippen LogP contribution in [0, 0.1) is 0 Å². The molecule has 0 bridgehead atoms. The summed E-state index contributed by atoms with van der Waals surface area (Å²) in [4.78, 5) is 37.0. The number of benzene rings is 2. The van der Waals surface area contributed by atoms with E-state index in [1.54, 1.807) is 6.07 Å². The SMILES string of the molecule is CC[C@@H](Nc1c(Nc2cccc(C(=O)Cc3nn[nH]n3)c2O)c(=O)c1=O)c1ccccc1. The second-order valence-corrected chi connectivity index (χ2v) is 7.18. The van der Waals surface area contributed by atoms with Gasteiger partial charge in [-0.2, -0.15) is 5.21 Å². The Bertz CT molecular complexity index is 1310. The number of Topliss-reactive ketones (excluding diaryl/α,β-unsaturated/α-hetero) is 1. The number of ketones is 1. The molecule has 32 heavy (non-hydrogen) atoms. The summed E-state index contributed by atoms with van der Waals surface area (Å²) in [7, 11) is 0. The van der Waals surface area contributed by atoms with E-state index in [-0.39, 0.29) is 46.7 Å². The largest absolute Gasteiger partial charge is 0.505 e. The van der Waals surface area contributed by atoms with Crippen LogP contribution in [0.5, 0.6) is 5.75 Å². The fourth-order valence-electron chi connectivity index (χ4n) is 3.43. The summed E-state index contributed by atoms with van der Waals surface area (Å²) in [6, 6.07) is 13.9. The molecule has 10 nitrogen and oxygen atoms in total. The average molecular weight is 432 g/mol. The van der Waals surface area contributed by atoms with E-state index < -0.39 is 16.6 Å². The minimum atomic E-state index is -0.696. The van der Waals surface area contributed by atoms with Crippen LogP contribution in [0.15, 0.2) is 58.1 Å². The first-order chi connectivity index (χ1) is 15.5. The molecule has 4 N–H and O–H groups in total. The smallest absolute Gasteiger partial charge is 0.253 e. The Labute approximate surface area is 182 Å². The van der Waals surface area contributed by atoms with E-state index in [1.807, 2.05) is 37.3 Å². The number of aromatic nitrogens is 4. The third-order valence-corrected chi connectivity index (χ3v) is 5.14. The second kappa shape index (κ2) is 8.80. The molecule has 162 valence electrons. The number of rotatable bonds is 9. The van der Waals surface area contributed by atoms with Gasteiger partial charge < -0.3 is 15.7 Å². The van der Waals surface area contributed by atoms with Crippen molar-refractivity contribution < 1.29 is 9.90 Å². The third-order valence-electron chi connectivity index (χ3n) is 5.14. The van der Waals surface area contributed by atoms with E-state index in [0.717, 1.165) is 5.56 Å². The Kier molecular flexibility index (Phi) is 5.75. The van der Waals surface area contributed by atoms with Gasteiger partial charge in [-0.05, 0) is 24.1 Å². The number of anilines is 3. The number of phenols is 1. The lowest BCUT2D eigenvalue weighted by molar-refractivity contribution is 0.0988. The number of phenolic OH excluding ortho intramolecular Hbond substituents is 1. The molecule has 0 saturated carbocycles. The molecule has 4 rings (SSSR count). The maximum atomic E-state index is 12.5. The lowest BCUT2D eigenvalue weighted by atomic mass is 10.0. The van der Waals surface area contributed by atoms with E-state index in [2.05, 4.69) is 31.3 Å². The van der Waals surface area contributed by atoms with Gasteiger partial charge in [0, 0.05) is 0 Å². The fourth-order valence-corrected chi connectivity index (χ4v) is 3.43. The lowest BCUT2D eigenvalue weighted by Gasteiger charge is -2.22. The van der Waals surface area contributed by atoms with Gasteiger partial charge in [-0.3, -0.25) is 14.4 Å². The van der Waals surface area contributed by atoms with E-state index in [9.17, 15) is 19.5 Å². The maximum Gasteiger partial charge on any atom is 0.253 e. The van der Waals surface area contributed by atoms with Gasteiger partial charge in [0.05, 0.1) is 23.7 Å². The van der Waals surface area contributed by atoms with Crippen molar-refractivity contribution in [1.82, 2.24) is 20.6 Å². The molecule has 10 heteroatoms. The highest BCUT2D eigenvalue weighted by molar-refractivity contribution is 6.01. The van der Waals surface area contributed by atoms with Gasteiger partial charge in [-0.25, -0.2) is 0 Å². The van der Waals surface area contributed by atoms with Crippen molar-refractivity contribution in [2.75, 3.05) is 10.6 Å². The van der Waals surface area contributed by atoms with Crippen LogP contribution in [0.1, 0.15) is 41.1 Å². The first-order valence-electron chi connectivity index (χ1n) is 9.98. The normalized spacial score (nSPS) is 11.9. The van der Waals surface area contributed by atoms with Crippen molar-refractivity contribution >= 4 is 22.8 Å². The highest BCUT2D eigenvalue weighted by atomic mass is 16.3. The molecule has 0 aliphatic rings. The number of hydrogen-bond acceptors (Lipinski definition) is 9. The molecular formula is C22H20N6O4. The monoisotopic (exact) mass is 432 g/mol. The van der Waals surface area contributed by atoms with Gasteiger partial charge in [-0.1, -0.05) is 48.5 Å². The first-order valence-corrected chi connectivity index (χ1v) is 9.98. The summed E-state index contributed by atoms with van der Waals surface area (Å²) in [6.45, 7) is 1.97. The Morgan fingerprint density at radius 3 is 2.50 bits per heavy atom. The molecule has 0 fully saturated rings. The molecule has 0 saturated heterocycles. The van der Waals surface area contributed by atoms with Gasteiger partial charge in [0.1, 0.15) is 17.1 Å². The zero-order valence-corrected chi connectivity index (χ0v) is 17.1. The van der Waals surface area contributed by atoms with Crippen molar-refractivity contribution in [1.29, 1.82) is 0 Å². The van der Waals surface area contributed by atoms with Crippen LogP contribution in [-0.2, 0) is 6.42 Å². The maximum absolute atomic E-state index is 12.5. The molecule has 0 spiro atoms. The highest BCUT2D eigenvalue weighted by Gasteiger charge is 2.25. The Hall–Kier alpha value is -4.34. The van der Waals surface area contributed by atoms with Gasteiger partial charge >= 0.3 is 0 Å². The molecule has 0 aliphatic carbocycles. The van der Waals surface area contributed by atoms with Crippen LogP contribution in [0.3, 0.4) is 0 Å². The van der Waals surface area contributed by atoms with Crippen LogP contribution < -0.4 is 21.5 Å². The summed E-state index contributed by atoms with van der Waals surface area (Å²) in [5, 5.41) is 29.7. The van der Waals surface area contributed by atoms with Gasteiger partial charge in [0.25, 0.3) is 10.9 Å².